The molecule has 0 radical (unpaired) electrons. The van der Waals surface area contributed by atoms with E-state index in [2.05, 4.69) is 24.5 Å². The first-order valence-corrected chi connectivity index (χ1v) is 5.13. The normalized spacial score (nSPS) is 15.1. The van der Waals surface area contributed by atoms with Crippen LogP contribution in [0.1, 0.15) is 40.0 Å². The standard InChI is InChI=1S/C10H22N2O/c1-5-7-9(6-2)12-10(13)8(3)11-4/h8-9,11H,5-7H2,1-4H3,(H,12,13). The lowest BCUT2D eigenvalue weighted by atomic mass is 10.1. The summed E-state index contributed by atoms with van der Waals surface area (Å²) in [4.78, 5) is 11.4. The van der Waals surface area contributed by atoms with Crippen LogP contribution in [0.5, 0.6) is 0 Å². The molecule has 0 saturated carbocycles. The Balaban J connectivity index is 3.85. The van der Waals surface area contributed by atoms with Gasteiger partial charge in [0, 0.05) is 6.04 Å². The topological polar surface area (TPSA) is 41.1 Å². The number of carbonyl (C=O) groups excluding carboxylic acids is 1. The van der Waals surface area contributed by atoms with E-state index in [0.717, 1.165) is 19.3 Å². The zero-order valence-electron chi connectivity index (χ0n) is 9.18. The molecule has 0 aliphatic rings. The fourth-order valence-corrected chi connectivity index (χ4v) is 1.18. The van der Waals surface area contributed by atoms with Crippen LogP contribution < -0.4 is 10.6 Å². The second-order valence-corrected chi connectivity index (χ2v) is 3.41. The van der Waals surface area contributed by atoms with Crippen LogP contribution in [0.15, 0.2) is 0 Å². The highest BCUT2D eigenvalue weighted by atomic mass is 16.2. The fraction of sp³-hybridized carbons (Fsp3) is 0.900. The Morgan fingerprint density at radius 1 is 1.38 bits per heavy atom. The summed E-state index contributed by atoms with van der Waals surface area (Å²) in [6, 6.07) is 0.249. The van der Waals surface area contributed by atoms with Gasteiger partial charge in [-0.05, 0) is 26.8 Å². The second-order valence-electron chi connectivity index (χ2n) is 3.41. The lowest BCUT2D eigenvalue weighted by molar-refractivity contribution is -0.123. The van der Waals surface area contributed by atoms with Crippen molar-refractivity contribution in [3.8, 4) is 0 Å². The summed E-state index contributed by atoms with van der Waals surface area (Å²) in [6.07, 6.45) is 3.20. The lowest BCUT2D eigenvalue weighted by Crippen LogP contribution is -2.44. The molecule has 0 heterocycles. The summed E-state index contributed by atoms with van der Waals surface area (Å²) >= 11 is 0. The van der Waals surface area contributed by atoms with Crippen LogP contribution in [0, 0.1) is 0 Å². The van der Waals surface area contributed by atoms with Crippen LogP contribution in [-0.2, 0) is 4.79 Å². The molecular formula is C10H22N2O. The van der Waals surface area contributed by atoms with E-state index in [1.807, 2.05) is 6.92 Å². The first-order valence-electron chi connectivity index (χ1n) is 5.13. The maximum absolute atomic E-state index is 11.4. The zero-order valence-corrected chi connectivity index (χ0v) is 9.18. The van der Waals surface area contributed by atoms with E-state index in [1.165, 1.54) is 0 Å². The first-order chi connectivity index (χ1) is 6.15. The van der Waals surface area contributed by atoms with E-state index in [9.17, 15) is 4.79 Å². The molecule has 2 N–H and O–H groups in total. The Morgan fingerprint density at radius 3 is 2.38 bits per heavy atom. The van der Waals surface area contributed by atoms with E-state index in [1.54, 1.807) is 7.05 Å². The Kier molecular flexibility index (Phi) is 6.59. The molecule has 78 valence electrons. The van der Waals surface area contributed by atoms with Gasteiger partial charge in [-0.15, -0.1) is 0 Å². The summed E-state index contributed by atoms with van der Waals surface area (Å²) in [7, 11) is 1.80. The Bertz CT molecular complexity index is 148. The van der Waals surface area contributed by atoms with Gasteiger partial charge in [-0.25, -0.2) is 0 Å². The van der Waals surface area contributed by atoms with Crippen LogP contribution in [0.2, 0.25) is 0 Å². The van der Waals surface area contributed by atoms with Crippen LogP contribution in [0.3, 0.4) is 0 Å². The number of carbonyl (C=O) groups is 1. The third-order valence-corrected chi connectivity index (χ3v) is 2.30. The monoisotopic (exact) mass is 186 g/mol. The van der Waals surface area contributed by atoms with Gasteiger partial charge in [0.05, 0.1) is 6.04 Å². The number of hydrogen-bond acceptors (Lipinski definition) is 2. The minimum Gasteiger partial charge on any atom is -0.352 e. The molecule has 0 fully saturated rings. The van der Waals surface area contributed by atoms with Gasteiger partial charge in [-0.1, -0.05) is 20.3 Å². The fourth-order valence-electron chi connectivity index (χ4n) is 1.18. The SMILES string of the molecule is CCCC(CC)NC(=O)C(C)NC. The van der Waals surface area contributed by atoms with Crippen molar-refractivity contribution in [1.82, 2.24) is 10.6 Å². The average molecular weight is 186 g/mol. The van der Waals surface area contributed by atoms with E-state index in [-0.39, 0.29) is 11.9 Å². The van der Waals surface area contributed by atoms with Gasteiger partial charge in [0.1, 0.15) is 0 Å². The van der Waals surface area contributed by atoms with Gasteiger partial charge in [-0.2, -0.15) is 0 Å². The van der Waals surface area contributed by atoms with Gasteiger partial charge < -0.3 is 10.6 Å². The smallest absolute Gasteiger partial charge is 0.237 e. The molecule has 0 bridgehead atoms. The molecule has 2 unspecified atom stereocenters. The third-order valence-electron chi connectivity index (χ3n) is 2.30. The van der Waals surface area contributed by atoms with Crippen LogP contribution in [-0.4, -0.2) is 25.0 Å². The molecule has 13 heavy (non-hydrogen) atoms. The molecule has 3 nitrogen and oxygen atoms in total. The van der Waals surface area contributed by atoms with Crippen molar-refractivity contribution < 1.29 is 4.79 Å². The summed E-state index contributed by atoms with van der Waals surface area (Å²) in [5, 5.41) is 5.94. The van der Waals surface area contributed by atoms with Crippen molar-refractivity contribution in [3.05, 3.63) is 0 Å². The number of likely N-dealkylation sites (N-methyl/N-ethyl adjacent to an activating group) is 1. The molecule has 0 aromatic carbocycles. The van der Waals surface area contributed by atoms with Crippen molar-refractivity contribution in [1.29, 1.82) is 0 Å². The van der Waals surface area contributed by atoms with Gasteiger partial charge in [-0.3, -0.25) is 4.79 Å². The Labute approximate surface area is 81.3 Å². The predicted molar refractivity (Wildman–Crippen MR) is 55.7 cm³/mol. The predicted octanol–water partition coefficient (Wildman–Crippen LogP) is 1.29. The van der Waals surface area contributed by atoms with E-state index in [4.69, 9.17) is 0 Å². The highest BCUT2D eigenvalue weighted by Crippen LogP contribution is 2.00. The molecule has 1 amide bonds. The van der Waals surface area contributed by atoms with Crippen molar-refractivity contribution in [2.24, 2.45) is 0 Å². The summed E-state index contributed by atoms with van der Waals surface area (Å²) in [6.45, 7) is 6.11. The van der Waals surface area contributed by atoms with E-state index < -0.39 is 0 Å². The highest BCUT2D eigenvalue weighted by molar-refractivity contribution is 5.81. The van der Waals surface area contributed by atoms with Crippen molar-refractivity contribution in [3.63, 3.8) is 0 Å². The number of nitrogens with one attached hydrogen (secondary N) is 2. The molecule has 0 aliphatic carbocycles. The molecule has 0 aromatic heterocycles. The van der Waals surface area contributed by atoms with Crippen LogP contribution in [0.25, 0.3) is 0 Å². The average Bonchev–Trinajstić information content (AvgIpc) is 2.15. The van der Waals surface area contributed by atoms with E-state index >= 15 is 0 Å². The minimum absolute atomic E-state index is 0.0918. The zero-order chi connectivity index (χ0) is 10.3. The highest BCUT2D eigenvalue weighted by Gasteiger charge is 2.13. The summed E-state index contributed by atoms with van der Waals surface area (Å²) < 4.78 is 0. The quantitative estimate of drug-likeness (QED) is 0.656. The molecule has 0 saturated heterocycles. The van der Waals surface area contributed by atoms with Crippen molar-refractivity contribution in [2.45, 2.75) is 52.1 Å². The molecule has 0 rings (SSSR count). The lowest BCUT2D eigenvalue weighted by Gasteiger charge is -2.18. The summed E-state index contributed by atoms with van der Waals surface area (Å²) in [5.74, 6) is 0.0998. The minimum atomic E-state index is -0.0918. The number of hydrogen-bond donors (Lipinski definition) is 2. The molecular weight excluding hydrogens is 164 g/mol. The van der Waals surface area contributed by atoms with Crippen LogP contribution >= 0.6 is 0 Å². The third kappa shape index (κ3) is 4.88. The van der Waals surface area contributed by atoms with E-state index in [0.29, 0.717) is 6.04 Å². The van der Waals surface area contributed by atoms with Gasteiger partial charge in [0.2, 0.25) is 5.91 Å². The van der Waals surface area contributed by atoms with Crippen molar-refractivity contribution >= 4 is 5.91 Å². The van der Waals surface area contributed by atoms with Gasteiger partial charge in [0.15, 0.2) is 0 Å². The molecule has 0 spiro atoms. The molecule has 0 aliphatic heterocycles. The van der Waals surface area contributed by atoms with Gasteiger partial charge >= 0.3 is 0 Å². The number of amides is 1. The van der Waals surface area contributed by atoms with Gasteiger partial charge in [0.25, 0.3) is 0 Å². The Morgan fingerprint density at radius 2 is 2.00 bits per heavy atom. The second kappa shape index (κ2) is 6.89. The van der Waals surface area contributed by atoms with Crippen LogP contribution in [0.4, 0.5) is 0 Å². The van der Waals surface area contributed by atoms with Crippen molar-refractivity contribution in [2.75, 3.05) is 7.05 Å². The first kappa shape index (κ1) is 12.4. The Hall–Kier alpha value is -0.570. The molecule has 0 aromatic rings. The molecule has 3 heteroatoms. The molecule has 2 atom stereocenters. The number of rotatable bonds is 6. The maximum atomic E-state index is 11.4. The maximum Gasteiger partial charge on any atom is 0.237 e. The largest absolute Gasteiger partial charge is 0.352 e. The summed E-state index contributed by atoms with van der Waals surface area (Å²) in [5.41, 5.74) is 0.